The van der Waals surface area contributed by atoms with Gasteiger partial charge in [0.2, 0.25) is 10.0 Å². The van der Waals surface area contributed by atoms with Gasteiger partial charge in [0, 0.05) is 18.2 Å². The first-order valence-electron chi connectivity index (χ1n) is 10.4. The Morgan fingerprint density at radius 1 is 1.06 bits per heavy atom. The second-order valence-corrected chi connectivity index (χ2v) is 12.6. The molecule has 8 nitrogen and oxygen atoms in total. The van der Waals surface area contributed by atoms with Gasteiger partial charge in [0.1, 0.15) is 17.1 Å². The van der Waals surface area contributed by atoms with E-state index < -0.39 is 31.4 Å². The lowest BCUT2D eigenvalue weighted by Crippen LogP contribution is -2.43. The highest BCUT2D eigenvalue weighted by Gasteiger charge is 2.39. The first-order valence-corrected chi connectivity index (χ1v) is 14.0. The van der Waals surface area contributed by atoms with Crippen LogP contribution in [0.15, 0.2) is 29.2 Å². The van der Waals surface area contributed by atoms with Crippen LogP contribution in [0.2, 0.25) is 0 Å². The molecular formula is C23H29NO7S2. The molecule has 0 radical (unpaired) electrons. The van der Waals surface area contributed by atoms with Crippen LogP contribution in [0.4, 0.5) is 5.69 Å². The third-order valence-corrected chi connectivity index (χ3v) is 8.41. The molecule has 10 heteroatoms. The average molecular weight is 496 g/mol. The van der Waals surface area contributed by atoms with Crippen molar-refractivity contribution in [1.82, 2.24) is 0 Å². The topological polar surface area (TPSA) is 116 Å². The largest absolute Gasteiger partial charge is 0.486 e. The highest BCUT2D eigenvalue weighted by molar-refractivity contribution is 7.92. The molecule has 0 aromatic heterocycles. The molecule has 1 aliphatic rings. The number of esters is 1. The highest BCUT2D eigenvalue weighted by Crippen LogP contribution is 2.44. The van der Waals surface area contributed by atoms with Gasteiger partial charge >= 0.3 is 5.97 Å². The Hall–Kier alpha value is -2.59. The van der Waals surface area contributed by atoms with Crippen LogP contribution in [-0.4, -0.2) is 40.4 Å². The molecule has 0 spiro atoms. The summed E-state index contributed by atoms with van der Waals surface area (Å²) >= 11 is 0. The molecule has 0 aliphatic carbocycles. The Morgan fingerprint density at radius 2 is 1.67 bits per heavy atom. The van der Waals surface area contributed by atoms with Crippen molar-refractivity contribution in [2.75, 3.05) is 16.7 Å². The Morgan fingerprint density at radius 3 is 2.21 bits per heavy atom. The molecule has 33 heavy (non-hydrogen) atoms. The van der Waals surface area contributed by atoms with Gasteiger partial charge in [-0.2, -0.15) is 0 Å². The van der Waals surface area contributed by atoms with E-state index in [4.69, 9.17) is 9.47 Å². The maximum atomic E-state index is 13.1. The maximum absolute atomic E-state index is 13.1. The molecule has 1 atom stereocenters. The van der Waals surface area contributed by atoms with Gasteiger partial charge < -0.3 is 9.47 Å². The number of anilines is 1. The SMILES string of the molecule is CC(=O)Oc1c(C)c(C)c2c(c1C)CCC(C)(CS(=O)(=O)c1ccc(NS(C)(=O)=O)cc1)O2. The van der Waals surface area contributed by atoms with Crippen LogP contribution in [0.3, 0.4) is 0 Å². The van der Waals surface area contributed by atoms with Gasteiger partial charge in [0.15, 0.2) is 9.84 Å². The monoisotopic (exact) mass is 495 g/mol. The van der Waals surface area contributed by atoms with E-state index in [9.17, 15) is 21.6 Å². The van der Waals surface area contributed by atoms with Gasteiger partial charge in [-0.15, -0.1) is 0 Å². The predicted molar refractivity (Wildman–Crippen MR) is 126 cm³/mol. The zero-order valence-electron chi connectivity index (χ0n) is 19.6. The summed E-state index contributed by atoms with van der Waals surface area (Å²) in [6.45, 7) is 8.72. The molecule has 3 rings (SSSR count). The van der Waals surface area contributed by atoms with Crippen molar-refractivity contribution in [3.05, 3.63) is 46.5 Å². The van der Waals surface area contributed by atoms with E-state index in [1.165, 1.54) is 31.2 Å². The smallest absolute Gasteiger partial charge is 0.308 e. The van der Waals surface area contributed by atoms with Gasteiger partial charge in [0.25, 0.3) is 0 Å². The molecule has 0 amide bonds. The Labute approximate surface area is 195 Å². The normalized spacial score (nSPS) is 18.2. The fourth-order valence-corrected chi connectivity index (χ4v) is 6.40. The van der Waals surface area contributed by atoms with E-state index >= 15 is 0 Å². The molecule has 1 heterocycles. The number of carbonyl (C=O) groups excluding carboxylic acids is 1. The Balaban J connectivity index is 1.89. The Kier molecular flexibility index (Phi) is 6.56. The lowest BCUT2D eigenvalue weighted by molar-refractivity contribution is -0.132. The van der Waals surface area contributed by atoms with Crippen LogP contribution in [0.1, 0.15) is 42.5 Å². The van der Waals surface area contributed by atoms with Gasteiger partial charge in [-0.3, -0.25) is 9.52 Å². The van der Waals surface area contributed by atoms with Crippen molar-refractivity contribution in [1.29, 1.82) is 0 Å². The molecule has 1 N–H and O–H groups in total. The lowest BCUT2D eigenvalue weighted by atomic mass is 9.88. The van der Waals surface area contributed by atoms with Crippen molar-refractivity contribution in [2.45, 2.75) is 58.0 Å². The highest BCUT2D eigenvalue weighted by atomic mass is 32.2. The Bertz CT molecular complexity index is 1310. The number of fused-ring (bicyclic) bond motifs is 1. The molecule has 0 fully saturated rings. The number of sulfone groups is 1. The summed E-state index contributed by atoms with van der Waals surface area (Å²) in [5.74, 6) is 0.534. The van der Waals surface area contributed by atoms with Crippen LogP contribution in [-0.2, 0) is 31.1 Å². The van der Waals surface area contributed by atoms with Crippen LogP contribution >= 0.6 is 0 Å². The summed E-state index contributed by atoms with van der Waals surface area (Å²) in [6.07, 6.45) is 2.08. The van der Waals surface area contributed by atoms with E-state index in [1.54, 1.807) is 6.92 Å². The van der Waals surface area contributed by atoms with Crippen LogP contribution in [0.5, 0.6) is 11.5 Å². The van der Waals surface area contributed by atoms with Gasteiger partial charge in [-0.1, -0.05) is 0 Å². The minimum absolute atomic E-state index is 0.0893. The third-order valence-electron chi connectivity index (χ3n) is 5.82. The van der Waals surface area contributed by atoms with Crippen LogP contribution in [0.25, 0.3) is 0 Å². The van der Waals surface area contributed by atoms with E-state index in [-0.39, 0.29) is 16.3 Å². The summed E-state index contributed by atoms with van der Waals surface area (Å²) in [6, 6.07) is 5.60. The summed E-state index contributed by atoms with van der Waals surface area (Å²) in [5.41, 5.74) is 2.66. The van der Waals surface area contributed by atoms with E-state index in [0.29, 0.717) is 24.3 Å². The molecule has 2 aromatic rings. The quantitative estimate of drug-likeness (QED) is 0.482. The summed E-state index contributed by atoms with van der Waals surface area (Å²) in [4.78, 5) is 11.6. The van der Waals surface area contributed by atoms with E-state index in [1.807, 2.05) is 20.8 Å². The van der Waals surface area contributed by atoms with Crippen LogP contribution in [0, 0.1) is 20.8 Å². The second kappa shape index (κ2) is 8.64. The lowest BCUT2D eigenvalue weighted by Gasteiger charge is -2.38. The van der Waals surface area contributed by atoms with Crippen molar-refractivity contribution in [2.24, 2.45) is 0 Å². The number of hydrogen-bond donors (Lipinski definition) is 1. The van der Waals surface area contributed by atoms with Gasteiger partial charge in [-0.25, -0.2) is 16.8 Å². The fraction of sp³-hybridized carbons (Fsp3) is 0.435. The molecule has 0 saturated carbocycles. The third kappa shape index (κ3) is 5.50. The molecule has 1 unspecified atom stereocenters. The minimum Gasteiger partial charge on any atom is -0.486 e. The first-order chi connectivity index (χ1) is 15.1. The predicted octanol–water partition coefficient (Wildman–Crippen LogP) is 3.47. The molecular weight excluding hydrogens is 466 g/mol. The van der Waals surface area contributed by atoms with E-state index in [2.05, 4.69) is 4.72 Å². The second-order valence-electron chi connectivity index (χ2n) is 8.82. The number of carbonyl (C=O) groups is 1. The summed E-state index contributed by atoms with van der Waals surface area (Å²) < 4.78 is 63.0. The maximum Gasteiger partial charge on any atom is 0.308 e. The summed E-state index contributed by atoms with van der Waals surface area (Å²) in [7, 11) is -7.16. The molecule has 180 valence electrons. The zero-order chi connectivity index (χ0) is 24.8. The number of rotatable bonds is 6. The molecule has 0 bridgehead atoms. The number of sulfonamides is 1. The van der Waals surface area contributed by atoms with Gasteiger partial charge in [-0.05, 0) is 81.5 Å². The summed E-state index contributed by atoms with van der Waals surface area (Å²) in [5, 5.41) is 0. The average Bonchev–Trinajstić information content (AvgIpc) is 2.68. The molecule has 0 saturated heterocycles. The first kappa shape index (κ1) is 25.0. The minimum atomic E-state index is -3.71. The van der Waals surface area contributed by atoms with E-state index in [0.717, 1.165) is 28.5 Å². The number of ether oxygens (including phenoxy) is 2. The molecule has 1 aliphatic heterocycles. The number of hydrogen-bond acceptors (Lipinski definition) is 7. The number of nitrogens with one attached hydrogen (secondary N) is 1. The van der Waals surface area contributed by atoms with Gasteiger partial charge in [0.05, 0.1) is 16.9 Å². The fourth-order valence-electron chi connectivity index (χ4n) is 4.11. The number of benzene rings is 2. The standard InChI is InChI=1S/C23H29NO7S2/c1-14-15(2)22-20(16(3)21(14)30-17(4)25)11-12-23(5,31-22)13-33(28,29)19-9-7-18(8-10-19)24-32(6,26)27/h7-10,24H,11-13H2,1-6H3. The van der Waals surface area contributed by atoms with Crippen molar-refractivity contribution in [3.63, 3.8) is 0 Å². The molecule has 2 aromatic carbocycles. The van der Waals surface area contributed by atoms with Crippen molar-refractivity contribution in [3.8, 4) is 11.5 Å². The van der Waals surface area contributed by atoms with Crippen molar-refractivity contribution < 1.29 is 31.1 Å². The zero-order valence-corrected chi connectivity index (χ0v) is 21.2. The van der Waals surface area contributed by atoms with Crippen molar-refractivity contribution >= 4 is 31.5 Å². The van der Waals surface area contributed by atoms with Crippen LogP contribution < -0.4 is 14.2 Å².